The van der Waals surface area contributed by atoms with E-state index in [2.05, 4.69) is 5.32 Å². The number of nitrogens with one attached hydrogen (secondary N) is 1. The largest absolute Gasteiger partial charge is 0.493 e. The highest BCUT2D eigenvalue weighted by molar-refractivity contribution is 5.84. The number of hydrogen-bond donors (Lipinski definition) is 2. The number of ether oxygens (including phenoxy) is 2. The molecule has 1 fully saturated rings. The molecule has 1 aliphatic carbocycles. The number of benzene rings is 1. The highest BCUT2D eigenvalue weighted by Crippen LogP contribution is 2.34. The molecule has 0 aromatic heterocycles. The fourth-order valence-electron chi connectivity index (χ4n) is 2.11. The maximum absolute atomic E-state index is 11.2. The Hall–Kier alpha value is -1.75. The highest BCUT2D eigenvalue weighted by atomic mass is 16.5. The van der Waals surface area contributed by atoms with Gasteiger partial charge in [0, 0.05) is 12.1 Å². The monoisotopic (exact) mass is 279 g/mol. The number of aliphatic hydroxyl groups is 1. The van der Waals surface area contributed by atoms with Gasteiger partial charge < -0.3 is 14.6 Å². The zero-order valence-corrected chi connectivity index (χ0v) is 11.7. The average molecular weight is 279 g/mol. The number of hydrogen-bond acceptors (Lipinski definition) is 4. The van der Waals surface area contributed by atoms with Crippen LogP contribution >= 0.6 is 0 Å². The van der Waals surface area contributed by atoms with Gasteiger partial charge in [0.1, 0.15) is 5.75 Å². The smallest absolute Gasteiger partial charge is 0.411 e. The van der Waals surface area contributed by atoms with Gasteiger partial charge >= 0.3 is 6.09 Å². The Kier molecular flexibility index (Phi) is 4.84. The lowest BCUT2D eigenvalue weighted by molar-refractivity contribution is -0.0482. The quantitative estimate of drug-likeness (QED) is 0.840. The molecule has 110 valence electrons. The van der Waals surface area contributed by atoms with Gasteiger partial charge in [-0.2, -0.15) is 0 Å². The van der Waals surface area contributed by atoms with Gasteiger partial charge in [0.25, 0.3) is 0 Å². The third kappa shape index (κ3) is 4.13. The highest BCUT2D eigenvalue weighted by Gasteiger charge is 2.33. The first-order valence-corrected chi connectivity index (χ1v) is 7.00. The topological polar surface area (TPSA) is 67.8 Å². The Morgan fingerprint density at radius 3 is 2.60 bits per heavy atom. The lowest BCUT2D eigenvalue weighted by Crippen LogP contribution is -2.38. The Morgan fingerprint density at radius 2 is 2.05 bits per heavy atom. The van der Waals surface area contributed by atoms with Crippen molar-refractivity contribution in [3.8, 4) is 5.75 Å². The molecular weight excluding hydrogens is 258 g/mol. The van der Waals surface area contributed by atoms with Crippen molar-refractivity contribution >= 4 is 11.8 Å². The van der Waals surface area contributed by atoms with Crippen LogP contribution in [0, 0.1) is 0 Å². The molecule has 0 atom stereocenters. The van der Waals surface area contributed by atoms with Gasteiger partial charge in [-0.05, 0) is 50.5 Å². The molecule has 2 N–H and O–H groups in total. The maximum Gasteiger partial charge on any atom is 0.411 e. The summed E-state index contributed by atoms with van der Waals surface area (Å²) in [4.78, 5) is 11.2. The van der Waals surface area contributed by atoms with Crippen LogP contribution in [0.5, 0.6) is 5.75 Å². The van der Waals surface area contributed by atoms with Crippen LogP contribution in [0.25, 0.3) is 0 Å². The van der Waals surface area contributed by atoms with Crippen molar-refractivity contribution in [2.75, 3.05) is 18.5 Å². The van der Waals surface area contributed by atoms with Crippen molar-refractivity contribution in [3.05, 3.63) is 24.3 Å². The first-order valence-electron chi connectivity index (χ1n) is 7.00. The fourth-order valence-corrected chi connectivity index (χ4v) is 2.11. The van der Waals surface area contributed by atoms with Crippen LogP contribution < -0.4 is 10.1 Å². The molecule has 1 aromatic rings. The molecule has 2 rings (SSSR count). The molecule has 1 aliphatic rings. The second-order valence-corrected chi connectivity index (χ2v) is 5.05. The lowest BCUT2D eigenvalue weighted by Gasteiger charge is -2.36. The zero-order valence-electron chi connectivity index (χ0n) is 11.7. The normalized spacial score (nSPS) is 16.1. The molecule has 20 heavy (non-hydrogen) atoms. The summed E-state index contributed by atoms with van der Waals surface area (Å²) in [5.74, 6) is 0.724. The Balaban J connectivity index is 1.75. The van der Waals surface area contributed by atoms with Gasteiger partial charge in [0.05, 0.1) is 18.8 Å². The van der Waals surface area contributed by atoms with E-state index in [0.29, 0.717) is 25.3 Å². The summed E-state index contributed by atoms with van der Waals surface area (Å²) in [6.45, 7) is 2.60. The second kappa shape index (κ2) is 6.61. The van der Waals surface area contributed by atoms with E-state index in [1.807, 2.05) is 0 Å². The first-order chi connectivity index (χ1) is 9.61. The van der Waals surface area contributed by atoms with Crippen molar-refractivity contribution in [1.82, 2.24) is 0 Å². The summed E-state index contributed by atoms with van der Waals surface area (Å²) in [7, 11) is 0. The summed E-state index contributed by atoms with van der Waals surface area (Å²) in [5, 5.41) is 12.6. The van der Waals surface area contributed by atoms with Crippen molar-refractivity contribution in [1.29, 1.82) is 0 Å². The van der Waals surface area contributed by atoms with Crippen LogP contribution in [0.3, 0.4) is 0 Å². The van der Waals surface area contributed by atoms with Crippen LogP contribution in [0.2, 0.25) is 0 Å². The van der Waals surface area contributed by atoms with Crippen molar-refractivity contribution < 1.29 is 19.4 Å². The molecule has 1 amide bonds. The molecule has 5 heteroatoms. The average Bonchev–Trinajstić information content (AvgIpc) is 2.39. The molecule has 0 bridgehead atoms. The van der Waals surface area contributed by atoms with E-state index in [9.17, 15) is 9.90 Å². The summed E-state index contributed by atoms with van der Waals surface area (Å²) in [6.07, 6.45) is 3.05. The minimum Gasteiger partial charge on any atom is -0.493 e. The summed E-state index contributed by atoms with van der Waals surface area (Å²) >= 11 is 0. The fraction of sp³-hybridized carbons (Fsp3) is 0.533. The van der Waals surface area contributed by atoms with Gasteiger partial charge in [-0.1, -0.05) is 0 Å². The van der Waals surface area contributed by atoms with Crippen molar-refractivity contribution in [2.24, 2.45) is 0 Å². The predicted molar refractivity (Wildman–Crippen MR) is 76.0 cm³/mol. The predicted octanol–water partition coefficient (Wildman–Crippen LogP) is 2.94. The Morgan fingerprint density at radius 1 is 1.35 bits per heavy atom. The number of carbonyl (C=O) groups excluding carboxylic acids is 1. The second-order valence-electron chi connectivity index (χ2n) is 5.05. The summed E-state index contributed by atoms with van der Waals surface area (Å²) < 4.78 is 10.4. The van der Waals surface area contributed by atoms with Gasteiger partial charge in [-0.15, -0.1) is 0 Å². The molecule has 0 radical (unpaired) electrons. The van der Waals surface area contributed by atoms with Crippen LogP contribution in [0.4, 0.5) is 10.5 Å². The van der Waals surface area contributed by atoms with Gasteiger partial charge in [-0.25, -0.2) is 4.79 Å². The van der Waals surface area contributed by atoms with Crippen molar-refractivity contribution in [3.63, 3.8) is 0 Å². The van der Waals surface area contributed by atoms with Crippen molar-refractivity contribution in [2.45, 2.75) is 38.2 Å². The van der Waals surface area contributed by atoms with E-state index in [4.69, 9.17) is 9.47 Å². The molecule has 0 unspecified atom stereocenters. The number of amides is 1. The molecule has 1 saturated carbocycles. The Bertz CT molecular complexity index is 440. The van der Waals surface area contributed by atoms with E-state index in [-0.39, 0.29) is 0 Å². The number of anilines is 1. The lowest BCUT2D eigenvalue weighted by atomic mass is 9.78. The third-order valence-electron chi connectivity index (χ3n) is 3.50. The van der Waals surface area contributed by atoms with Gasteiger partial charge in [-0.3, -0.25) is 5.32 Å². The van der Waals surface area contributed by atoms with Crippen LogP contribution in [0.15, 0.2) is 24.3 Å². The van der Waals surface area contributed by atoms with Gasteiger partial charge in [0.15, 0.2) is 0 Å². The zero-order chi connectivity index (χ0) is 14.4. The SMILES string of the molecule is CCOC(=O)Nc1ccc(OCCC2(O)CCC2)cc1. The molecular formula is C15H21NO4. The standard InChI is InChI=1S/C15H21NO4/c1-2-19-14(17)16-12-4-6-13(7-5-12)20-11-10-15(18)8-3-9-15/h4-7,18H,2-3,8-11H2,1H3,(H,16,17). The number of rotatable bonds is 6. The maximum atomic E-state index is 11.2. The minimum absolute atomic E-state index is 0.343. The summed E-state index contributed by atoms with van der Waals surface area (Å²) in [5.41, 5.74) is 0.152. The minimum atomic E-state index is -0.509. The van der Waals surface area contributed by atoms with E-state index in [1.54, 1.807) is 31.2 Å². The summed E-state index contributed by atoms with van der Waals surface area (Å²) in [6, 6.07) is 7.08. The molecule has 1 aromatic carbocycles. The first kappa shape index (κ1) is 14.7. The van der Waals surface area contributed by atoms with Crippen LogP contribution in [-0.2, 0) is 4.74 Å². The van der Waals surface area contributed by atoms with Gasteiger partial charge in [0.2, 0.25) is 0 Å². The van der Waals surface area contributed by atoms with E-state index < -0.39 is 11.7 Å². The van der Waals surface area contributed by atoms with Crippen LogP contribution in [-0.4, -0.2) is 30.0 Å². The molecule has 0 spiro atoms. The molecule has 0 aliphatic heterocycles. The van der Waals surface area contributed by atoms with E-state index in [1.165, 1.54) is 0 Å². The van der Waals surface area contributed by atoms with Crippen LogP contribution in [0.1, 0.15) is 32.6 Å². The molecule has 5 nitrogen and oxygen atoms in total. The van der Waals surface area contributed by atoms with E-state index in [0.717, 1.165) is 25.0 Å². The third-order valence-corrected chi connectivity index (χ3v) is 3.50. The molecule has 0 saturated heterocycles. The molecule has 0 heterocycles. The van der Waals surface area contributed by atoms with E-state index >= 15 is 0 Å². The Labute approximate surface area is 118 Å². The number of carbonyl (C=O) groups is 1.